The van der Waals surface area contributed by atoms with Crippen molar-refractivity contribution in [1.29, 1.82) is 0 Å². The van der Waals surface area contributed by atoms with Crippen LogP contribution in [-0.4, -0.2) is 65.6 Å². The second-order valence-corrected chi connectivity index (χ2v) is 6.31. The lowest BCUT2D eigenvalue weighted by molar-refractivity contribution is 0.108. The third-order valence-corrected chi connectivity index (χ3v) is 4.43. The minimum Gasteiger partial charge on any atom is -0.383 e. The molecule has 1 aliphatic carbocycles. The van der Waals surface area contributed by atoms with Gasteiger partial charge in [0.05, 0.1) is 13.2 Å². The number of rotatable bonds is 10. The number of nitrogens with one attached hydrogen (secondary N) is 1. The van der Waals surface area contributed by atoms with Crippen molar-refractivity contribution in [2.45, 2.75) is 38.5 Å². The highest BCUT2D eigenvalue weighted by Gasteiger charge is 2.31. The molecular formula is C16H34N2O2. The third-order valence-electron chi connectivity index (χ3n) is 4.43. The van der Waals surface area contributed by atoms with Gasteiger partial charge in [0.25, 0.3) is 0 Å². The SMILES string of the molecule is COCCNCC1(CN(C)CCOC)CCCCCC1. The molecule has 4 heteroatoms. The van der Waals surface area contributed by atoms with E-state index in [0.29, 0.717) is 5.41 Å². The predicted octanol–water partition coefficient (Wildman–Crippen LogP) is 2.14. The fourth-order valence-electron chi connectivity index (χ4n) is 3.30. The van der Waals surface area contributed by atoms with E-state index in [2.05, 4.69) is 17.3 Å². The lowest BCUT2D eigenvalue weighted by atomic mass is 9.79. The first kappa shape index (κ1) is 17.9. The van der Waals surface area contributed by atoms with Gasteiger partial charge in [-0.1, -0.05) is 25.7 Å². The van der Waals surface area contributed by atoms with E-state index in [0.717, 1.165) is 32.8 Å². The quantitative estimate of drug-likeness (QED) is 0.493. The minimum atomic E-state index is 0.437. The molecule has 1 fully saturated rings. The summed E-state index contributed by atoms with van der Waals surface area (Å²) in [5.74, 6) is 0. The predicted molar refractivity (Wildman–Crippen MR) is 84.3 cm³/mol. The van der Waals surface area contributed by atoms with Gasteiger partial charge in [0.15, 0.2) is 0 Å². The topological polar surface area (TPSA) is 33.7 Å². The van der Waals surface area contributed by atoms with E-state index < -0.39 is 0 Å². The Bertz CT molecular complexity index is 229. The molecular weight excluding hydrogens is 252 g/mol. The van der Waals surface area contributed by atoms with Crippen molar-refractivity contribution in [3.63, 3.8) is 0 Å². The maximum absolute atomic E-state index is 5.20. The molecule has 0 amide bonds. The second kappa shape index (κ2) is 10.6. The molecule has 0 atom stereocenters. The smallest absolute Gasteiger partial charge is 0.0589 e. The summed E-state index contributed by atoms with van der Waals surface area (Å²) >= 11 is 0. The first-order chi connectivity index (χ1) is 9.72. The maximum Gasteiger partial charge on any atom is 0.0589 e. The molecule has 0 bridgehead atoms. The van der Waals surface area contributed by atoms with Crippen LogP contribution in [0.4, 0.5) is 0 Å². The van der Waals surface area contributed by atoms with Crippen LogP contribution in [0.25, 0.3) is 0 Å². The van der Waals surface area contributed by atoms with Gasteiger partial charge in [-0.3, -0.25) is 0 Å². The third kappa shape index (κ3) is 7.02. The molecule has 0 aromatic carbocycles. The van der Waals surface area contributed by atoms with Crippen LogP contribution in [0.3, 0.4) is 0 Å². The molecule has 1 aliphatic rings. The molecule has 0 unspecified atom stereocenters. The van der Waals surface area contributed by atoms with Gasteiger partial charge in [0, 0.05) is 40.4 Å². The second-order valence-electron chi connectivity index (χ2n) is 6.31. The Morgan fingerprint density at radius 1 is 1.00 bits per heavy atom. The van der Waals surface area contributed by atoms with E-state index in [4.69, 9.17) is 9.47 Å². The van der Waals surface area contributed by atoms with Crippen LogP contribution in [0.5, 0.6) is 0 Å². The lowest BCUT2D eigenvalue weighted by Crippen LogP contribution is -2.44. The Morgan fingerprint density at radius 3 is 2.25 bits per heavy atom. The molecule has 120 valence electrons. The van der Waals surface area contributed by atoms with Gasteiger partial charge in [-0.25, -0.2) is 0 Å². The summed E-state index contributed by atoms with van der Waals surface area (Å²) in [5, 5.41) is 3.60. The van der Waals surface area contributed by atoms with E-state index >= 15 is 0 Å². The summed E-state index contributed by atoms with van der Waals surface area (Å²) in [4.78, 5) is 2.44. The molecule has 0 aliphatic heterocycles. The molecule has 1 rings (SSSR count). The van der Waals surface area contributed by atoms with E-state index in [-0.39, 0.29) is 0 Å². The Balaban J connectivity index is 2.48. The molecule has 1 N–H and O–H groups in total. The molecule has 0 radical (unpaired) electrons. The van der Waals surface area contributed by atoms with E-state index in [9.17, 15) is 0 Å². The summed E-state index contributed by atoms with van der Waals surface area (Å²) in [6, 6.07) is 0. The molecule has 4 nitrogen and oxygen atoms in total. The number of hydrogen-bond donors (Lipinski definition) is 1. The first-order valence-electron chi connectivity index (χ1n) is 8.09. The highest BCUT2D eigenvalue weighted by Crippen LogP contribution is 2.35. The van der Waals surface area contributed by atoms with Crippen molar-refractivity contribution in [3.05, 3.63) is 0 Å². The number of nitrogens with zero attached hydrogens (tertiary/aromatic N) is 1. The fraction of sp³-hybridized carbons (Fsp3) is 1.00. The van der Waals surface area contributed by atoms with Gasteiger partial charge in [0.1, 0.15) is 0 Å². The summed E-state index contributed by atoms with van der Waals surface area (Å²) in [5.41, 5.74) is 0.437. The van der Waals surface area contributed by atoms with Crippen LogP contribution >= 0.6 is 0 Å². The zero-order valence-electron chi connectivity index (χ0n) is 13.7. The number of hydrogen-bond acceptors (Lipinski definition) is 4. The fourth-order valence-corrected chi connectivity index (χ4v) is 3.30. The Labute approximate surface area is 125 Å². The van der Waals surface area contributed by atoms with Crippen molar-refractivity contribution in [3.8, 4) is 0 Å². The molecule has 1 saturated carbocycles. The van der Waals surface area contributed by atoms with Crippen LogP contribution in [0.1, 0.15) is 38.5 Å². The lowest BCUT2D eigenvalue weighted by Gasteiger charge is -2.37. The Hall–Kier alpha value is -0.160. The zero-order chi connectivity index (χ0) is 14.7. The normalized spacial score (nSPS) is 19.2. The average Bonchev–Trinajstić information content (AvgIpc) is 2.67. The Kier molecular flexibility index (Phi) is 9.44. The number of ether oxygens (including phenoxy) is 2. The molecule has 0 aromatic heterocycles. The van der Waals surface area contributed by atoms with Crippen molar-refractivity contribution >= 4 is 0 Å². The monoisotopic (exact) mass is 286 g/mol. The van der Waals surface area contributed by atoms with E-state index in [1.165, 1.54) is 45.1 Å². The van der Waals surface area contributed by atoms with Crippen LogP contribution < -0.4 is 5.32 Å². The van der Waals surface area contributed by atoms with Crippen LogP contribution in [-0.2, 0) is 9.47 Å². The molecule has 20 heavy (non-hydrogen) atoms. The summed E-state index contributed by atoms with van der Waals surface area (Å²) in [7, 11) is 5.77. The van der Waals surface area contributed by atoms with E-state index in [1.54, 1.807) is 14.2 Å². The van der Waals surface area contributed by atoms with Crippen LogP contribution in [0.2, 0.25) is 0 Å². The molecule has 0 aromatic rings. The van der Waals surface area contributed by atoms with Crippen molar-refractivity contribution in [2.75, 3.05) is 60.7 Å². The first-order valence-corrected chi connectivity index (χ1v) is 8.09. The number of likely N-dealkylation sites (N-methyl/N-ethyl adjacent to an activating group) is 1. The largest absolute Gasteiger partial charge is 0.383 e. The van der Waals surface area contributed by atoms with E-state index in [1.807, 2.05) is 0 Å². The van der Waals surface area contributed by atoms with Gasteiger partial charge in [-0.05, 0) is 25.3 Å². The maximum atomic E-state index is 5.20. The minimum absolute atomic E-state index is 0.437. The van der Waals surface area contributed by atoms with Gasteiger partial charge in [0.2, 0.25) is 0 Å². The number of methoxy groups -OCH3 is 2. The summed E-state index contributed by atoms with van der Waals surface area (Å²) < 4.78 is 10.3. The Morgan fingerprint density at radius 2 is 1.65 bits per heavy atom. The zero-order valence-corrected chi connectivity index (χ0v) is 13.7. The van der Waals surface area contributed by atoms with Crippen LogP contribution in [0, 0.1) is 5.41 Å². The molecule has 0 saturated heterocycles. The van der Waals surface area contributed by atoms with Gasteiger partial charge in [-0.2, -0.15) is 0 Å². The highest BCUT2D eigenvalue weighted by molar-refractivity contribution is 4.86. The van der Waals surface area contributed by atoms with Gasteiger partial charge >= 0.3 is 0 Å². The molecule has 0 spiro atoms. The van der Waals surface area contributed by atoms with Gasteiger partial charge < -0.3 is 19.7 Å². The molecule has 0 heterocycles. The van der Waals surface area contributed by atoms with Crippen LogP contribution in [0.15, 0.2) is 0 Å². The summed E-state index contributed by atoms with van der Waals surface area (Å²) in [6.45, 7) is 5.90. The van der Waals surface area contributed by atoms with Crippen molar-refractivity contribution in [1.82, 2.24) is 10.2 Å². The standard InChI is InChI=1S/C16H34N2O2/c1-18(11-13-20-3)15-16(14-17-10-12-19-2)8-6-4-5-7-9-16/h17H,4-15H2,1-3H3. The van der Waals surface area contributed by atoms with Gasteiger partial charge in [-0.15, -0.1) is 0 Å². The van der Waals surface area contributed by atoms with Crippen molar-refractivity contribution < 1.29 is 9.47 Å². The van der Waals surface area contributed by atoms with Crippen molar-refractivity contribution in [2.24, 2.45) is 5.41 Å². The summed E-state index contributed by atoms with van der Waals surface area (Å²) in [6.07, 6.45) is 8.27. The highest BCUT2D eigenvalue weighted by atomic mass is 16.5. The average molecular weight is 286 g/mol.